The first-order chi connectivity index (χ1) is 9.36. The number of pyridine rings is 1. The Kier molecular flexibility index (Phi) is 2.89. The van der Waals surface area contributed by atoms with Crippen LogP contribution in [-0.2, 0) is 4.74 Å². The van der Waals surface area contributed by atoms with Gasteiger partial charge in [-0.1, -0.05) is 20.8 Å². The number of aromatic nitrogens is 1. The molecule has 0 saturated heterocycles. The van der Waals surface area contributed by atoms with Gasteiger partial charge in [0.2, 0.25) is 0 Å². The van der Waals surface area contributed by atoms with Gasteiger partial charge in [-0.25, -0.2) is 9.18 Å². The fraction of sp³-hybridized carbons (Fsp3) is 0.625. The summed E-state index contributed by atoms with van der Waals surface area (Å²) in [6.07, 6.45) is 5.50. The van der Waals surface area contributed by atoms with Gasteiger partial charge in [0.15, 0.2) is 5.82 Å². The Morgan fingerprint density at radius 2 is 2.20 bits per heavy atom. The van der Waals surface area contributed by atoms with Crippen molar-refractivity contribution in [2.75, 3.05) is 0 Å². The van der Waals surface area contributed by atoms with Gasteiger partial charge < -0.3 is 4.74 Å². The van der Waals surface area contributed by atoms with Crippen LogP contribution in [0.5, 0.6) is 0 Å². The molecule has 2 aliphatic rings. The summed E-state index contributed by atoms with van der Waals surface area (Å²) in [6, 6.07) is 1.37. The summed E-state index contributed by atoms with van der Waals surface area (Å²) in [5.41, 5.74) is 0.148. The second kappa shape index (κ2) is 4.27. The largest absolute Gasteiger partial charge is 0.458 e. The minimum absolute atomic E-state index is 0.00314. The van der Waals surface area contributed by atoms with Crippen LogP contribution >= 0.6 is 0 Å². The summed E-state index contributed by atoms with van der Waals surface area (Å²) in [6.45, 7) is 6.71. The Bertz CT molecular complexity index is 557. The van der Waals surface area contributed by atoms with Crippen molar-refractivity contribution in [2.45, 2.75) is 46.1 Å². The molecule has 1 heterocycles. The Morgan fingerprint density at radius 3 is 2.75 bits per heavy atom. The van der Waals surface area contributed by atoms with Gasteiger partial charge in [-0.3, -0.25) is 4.98 Å². The van der Waals surface area contributed by atoms with Crippen molar-refractivity contribution in [3.63, 3.8) is 0 Å². The Hall–Kier alpha value is -1.45. The molecule has 4 heteroatoms. The molecule has 108 valence electrons. The van der Waals surface area contributed by atoms with E-state index in [-0.39, 0.29) is 22.5 Å². The molecule has 1 aromatic rings. The van der Waals surface area contributed by atoms with Crippen molar-refractivity contribution in [1.82, 2.24) is 4.98 Å². The molecule has 20 heavy (non-hydrogen) atoms. The summed E-state index contributed by atoms with van der Waals surface area (Å²) in [4.78, 5) is 15.8. The van der Waals surface area contributed by atoms with Crippen LogP contribution in [0.2, 0.25) is 0 Å². The minimum Gasteiger partial charge on any atom is -0.458 e. The van der Waals surface area contributed by atoms with Gasteiger partial charge in [-0.05, 0) is 36.7 Å². The second-order valence-corrected chi connectivity index (χ2v) is 6.86. The topological polar surface area (TPSA) is 39.2 Å². The first-order valence-corrected chi connectivity index (χ1v) is 7.17. The summed E-state index contributed by atoms with van der Waals surface area (Å²) in [7, 11) is 0. The fourth-order valence-corrected chi connectivity index (χ4v) is 4.04. The molecule has 0 aromatic carbocycles. The van der Waals surface area contributed by atoms with Crippen molar-refractivity contribution in [2.24, 2.45) is 16.7 Å². The maximum absolute atomic E-state index is 13.6. The van der Waals surface area contributed by atoms with Crippen LogP contribution in [0.15, 0.2) is 18.5 Å². The number of nitrogens with zero attached hydrogens (tertiary/aromatic N) is 1. The standard InChI is InChI=1S/C16H20FNO2/c1-15(2)10-4-6-16(15,3)13(8-10)20-14(19)11-5-7-18-9-12(11)17/h5,7,9-10,13H,4,6,8H2,1-3H3. The molecule has 0 spiro atoms. The normalized spacial score (nSPS) is 34.2. The van der Waals surface area contributed by atoms with Gasteiger partial charge in [0.1, 0.15) is 6.10 Å². The highest BCUT2D eigenvalue weighted by Crippen LogP contribution is 2.66. The van der Waals surface area contributed by atoms with E-state index in [0.29, 0.717) is 5.92 Å². The number of halogens is 1. The number of esters is 1. The average molecular weight is 277 g/mol. The third kappa shape index (κ3) is 1.70. The monoisotopic (exact) mass is 277 g/mol. The molecule has 3 rings (SSSR count). The van der Waals surface area contributed by atoms with E-state index in [1.165, 1.54) is 18.7 Å². The Morgan fingerprint density at radius 1 is 1.45 bits per heavy atom. The van der Waals surface area contributed by atoms with Crippen LogP contribution in [0.1, 0.15) is 50.4 Å². The van der Waals surface area contributed by atoms with Crippen molar-refractivity contribution in [3.05, 3.63) is 29.8 Å². The van der Waals surface area contributed by atoms with E-state index in [4.69, 9.17) is 4.74 Å². The number of hydrogen-bond donors (Lipinski definition) is 0. The molecule has 2 saturated carbocycles. The summed E-state index contributed by atoms with van der Waals surface area (Å²) in [5, 5.41) is 0. The molecule has 0 amide bonds. The van der Waals surface area contributed by atoms with Crippen molar-refractivity contribution < 1.29 is 13.9 Å². The molecule has 0 aliphatic heterocycles. The van der Waals surface area contributed by atoms with E-state index in [9.17, 15) is 9.18 Å². The number of hydrogen-bond acceptors (Lipinski definition) is 3. The highest BCUT2D eigenvalue weighted by atomic mass is 19.1. The smallest absolute Gasteiger partial charge is 0.341 e. The van der Waals surface area contributed by atoms with E-state index in [1.54, 1.807) is 0 Å². The lowest BCUT2D eigenvalue weighted by atomic mass is 9.70. The van der Waals surface area contributed by atoms with Crippen molar-refractivity contribution >= 4 is 5.97 Å². The molecule has 2 aliphatic carbocycles. The van der Waals surface area contributed by atoms with Gasteiger partial charge in [0.05, 0.1) is 11.8 Å². The van der Waals surface area contributed by atoms with E-state index in [2.05, 4.69) is 25.8 Å². The molecule has 1 aromatic heterocycles. The van der Waals surface area contributed by atoms with E-state index >= 15 is 0 Å². The van der Waals surface area contributed by atoms with Crippen LogP contribution in [0.25, 0.3) is 0 Å². The average Bonchev–Trinajstić information content (AvgIpc) is 2.72. The lowest BCUT2D eigenvalue weighted by Gasteiger charge is -2.38. The molecule has 3 atom stereocenters. The Balaban J connectivity index is 1.81. The molecule has 2 bridgehead atoms. The van der Waals surface area contributed by atoms with Crippen molar-refractivity contribution in [3.8, 4) is 0 Å². The first-order valence-electron chi connectivity index (χ1n) is 7.17. The van der Waals surface area contributed by atoms with Gasteiger partial charge in [0, 0.05) is 11.6 Å². The zero-order chi connectivity index (χ0) is 14.5. The van der Waals surface area contributed by atoms with Gasteiger partial charge in [-0.2, -0.15) is 0 Å². The Labute approximate surface area is 118 Å². The summed E-state index contributed by atoms with van der Waals surface area (Å²) in [5.74, 6) is -0.600. The van der Waals surface area contributed by atoms with E-state index in [0.717, 1.165) is 19.0 Å². The maximum Gasteiger partial charge on any atom is 0.341 e. The zero-order valence-electron chi connectivity index (χ0n) is 12.1. The van der Waals surface area contributed by atoms with E-state index < -0.39 is 11.8 Å². The molecule has 0 N–H and O–H groups in total. The molecule has 3 unspecified atom stereocenters. The van der Waals surface area contributed by atoms with Crippen molar-refractivity contribution in [1.29, 1.82) is 0 Å². The third-order valence-corrected chi connectivity index (χ3v) is 5.96. The first kappa shape index (κ1) is 13.5. The second-order valence-electron chi connectivity index (χ2n) is 6.86. The van der Waals surface area contributed by atoms with Crippen LogP contribution in [0.3, 0.4) is 0 Å². The molecule has 0 radical (unpaired) electrons. The number of carbonyl (C=O) groups is 1. The predicted molar refractivity (Wildman–Crippen MR) is 72.6 cm³/mol. The van der Waals surface area contributed by atoms with Gasteiger partial charge >= 0.3 is 5.97 Å². The third-order valence-electron chi connectivity index (χ3n) is 5.96. The predicted octanol–water partition coefficient (Wildman–Crippen LogP) is 3.59. The van der Waals surface area contributed by atoms with Crippen LogP contribution < -0.4 is 0 Å². The lowest BCUT2D eigenvalue weighted by Crippen LogP contribution is -2.38. The zero-order valence-corrected chi connectivity index (χ0v) is 12.1. The minimum atomic E-state index is -0.620. The summed E-state index contributed by atoms with van der Waals surface area (Å²) >= 11 is 0. The molecular weight excluding hydrogens is 257 g/mol. The maximum atomic E-state index is 13.6. The highest BCUT2D eigenvalue weighted by Gasteiger charge is 2.62. The van der Waals surface area contributed by atoms with E-state index in [1.807, 2.05) is 0 Å². The number of fused-ring (bicyclic) bond motifs is 2. The fourth-order valence-electron chi connectivity index (χ4n) is 4.04. The number of carbonyl (C=O) groups excluding carboxylic acids is 1. The molecule has 2 fully saturated rings. The van der Waals surface area contributed by atoms with Gasteiger partial charge in [-0.15, -0.1) is 0 Å². The van der Waals surface area contributed by atoms with Crippen LogP contribution in [0, 0.1) is 22.6 Å². The molecule has 3 nitrogen and oxygen atoms in total. The quantitative estimate of drug-likeness (QED) is 0.775. The number of rotatable bonds is 2. The van der Waals surface area contributed by atoms with Crippen LogP contribution in [0.4, 0.5) is 4.39 Å². The summed E-state index contributed by atoms with van der Waals surface area (Å²) < 4.78 is 19.2. The highest BCUT2D eigenvalue weighted by molar-refractivity contribution is 5.89. The van der Waals surface area contributed by atoms with Gasteiger partial charge in [0.25, 0.3) is 0 Å². The lowest BCUT2D eigenvalue weighted by molar-refractivity contribution is -0.0245. The van der Waals surface area contributed by atoms with Crippen LogP contribution in [-0.4, -0.2) is 17.1 Å². The number of ether oxygens (including phenoxy) is 1. The molecular formula is C16H20FNO2. The SMILES string of the molecule is CC1(C)C2CCC1(C)C(OC(=O)c1ccncc1F)C2.